The van der Waals surface area contributed by atoms with Gasteiger partial charge in [0, 0.05) is 16.6 Å². The third-order valence-electron chi connectivity index (χ3n) is 5.07. The van der Waals surface area contributed by atoms with Gasteiger partial charge in [-0.1, -0.05) is 35.9 Å². The monoisotopic (exact) mass is 418 g/mol. The van der Waals surface area contributed by atoms with Crippen molar-refractivity contribution in [3.63, 3.8) is 0 Å². The van der Waals surface area contributed by atoms with Gasteiger partial charge in [-0.25, -0.2) is 4.79 Å². The summed E-state index contributed by atoms with van der Waals surface area (Å²) < 4.78 is 1.97. The van der Waals surface area contributed by atoms with Gasteiger partial charge in [-0.2, -0.15) is 0 Å². The van der Waals surface area contributed by atoms with Crippen LogP contribution < -0.4 is 5.32 Å². The molecule has 1 aromatic heterocycles. The first kappa shape index (κ1) is 19.7. The number of amides is 1. The molecule has 30 heavy (non-hydrogen) atoms. The highest BCUT2D eigenvalue weighted by Gasteiger charge is 2.17. The number of rotatable bonds is 5. The molecule has 0 radical (unpaired) electrons. The second-order valence-corrected chi connectivity index (χ2v) is 7.46. The first-order valence-corrected chi connectivity index (χ1v) is 9.82. The summed E-state index contributed by atoms with van der Waals surface area (Å²) in [5.41, 5.74) is 3.30. The molecule has 150 valence electrons. The summed E-state index contributed by atoms with van der Waals surface area (Å²) in [7, 11) is 0. The molecule has 6 heteroatoms. The van der Waals surface area contributed by atoms with Crippen LogP contribution in [-0.2, 0) is 0 Å². The van der Waals surface area contributed by atoms with E-state index < -0.39 is 5.97 Å². The van der Waals surface area contributed by atoms with E-state index in [2.05, 4.69) is 5.32 Å². The Balaban J connectivity index is 1.63. The van der Waals surface area contributed by atoms with Crippen molar-refractivity contribution >= 4 is 34.4 Å². The normalized spacial score (nSPS) is 11.9. The van der Waals surface area contributed by atoms with E-state index in [1.165, 1.54) is 12.1 Å². The molecule has 0 saturated carbocycles. The molecule has 0 saturated heterocycles. The van der Waals surface area contributed by atoms with Crippen molar-refractivity contribution in [2.75, 3.05) is 0 Å². The number of halogens is 1. The van der Waals surface area contributed by atoms with E-state index in [1.54, 1.807) is 18.2 Å². The van der Waals surface area contributed by atoms with Crippen LogP contribution in [0.15, 0.2) is 79.0 Å². The highest BCUT2D eigenvalue weighted by atomic mass is 35.5. The van der Waals surface area contributed by atoms with Gasteiger partial charge < -0.3 is 15.0 Å². The Kier molecular flexibility index (Phi) is 5.29. The van der Waals surface area contributed by atoms with Crippen LogP contribution in [-0.4, -0.2) is 21.6 Å². The standard InChI is InChI=1S/C24H19ClN2O3/c1-15(16-6-8-17(9-7-16)24(29)30)26-23(28)20-4-2-3-5-22(20)27-13-12-18-14-19(25)10-11-21(18)27/h2-15H,1H3,(H,26,28)(H,29,30)/t15-/m0/s1. The third-order valence-corrected chi connectivity index (χ3v) is 5.30. The lowest BCUT2D eigenvalue weighted by Crippen LogP contribution is -2.27. The van der Waals surface area contributed by atoms with E-state index >= 15 is 0 Å². The zero-order valence-corrected chi connectivity index (χ0v) is 16.9. The number of benzene rings is 3. The van der Waals surface area contributed by atoms with E-state index in [-0.39, 0.29) is 17.5 Å². The smallest absolute Gasteiger partial charge is 0.335 e. The molecule has 0 spiro atoms. The van der Waals surface area contributed by atoms with E-state index in [0.29, 0.717) is 10.6 Å². The Morgan fingerprint density at radius 2 is 1.73 bits per heavy atom. The summed E-state index contributed by atoms with van der Waals surface area (Å²) in [6, 6.07) is 21.2. The summed E-state index contributed by atoms with van der Waals surface area (Å²) in [6.45, 7) is 1.86. The fourth-order valence-electron chi connectivity index (χ4n) is 3.47. The number of carbonyl (C=O) groups excluding carboxylic acids is 1. The lowest BCUT2D eigenvalue weighted by atomic mass is 10.1. The van der Waals surface area contributed by atoms with Gasteiger partial charge >= 0.3 is 5.97 Å². The zero-order valence-electron chi connectivity index (χ0n) is 16.2. The van der Waals surface area contributed by atoms with Crippen molar-refractivity contribution in [1.29, 1.82) is 0 Å². The molecule has 4 rings (SSSR count). The first-order chi connectivity index (χ1) is 14.4. The molecule has 4 aromatic rings. The number of para-hydroxylation sites is 1. The quantitative estimate of drug-likeness (QED) is 0.451. The van der Waals surface area contributed by atoms with Gasteiger partial charge in [-0.15, -0.1) is 0 Å². The number of fused-ring (bicyclic) bond motifs is 1. The van der Waals surface area contributed by atoms with Crippen LogP contribution in [0.5, 0.6) is 0 Å². The van der Waals surface area contributed by atoms with Crippen LogP contribution in [0, 0.1) is 0 Å². The lowest BCUT2D eigenvalue weighted by Gasteiger charge is -2.17. The van der Waals surface area contributed by atoms with Crippen LogP contribution >= 0.6 is 11.6 Å². The van der Waals surface area contributed by atoms with Gasteiger partial charge in [0.1, 0.15) is 0 Å². The van der Waals surface area contributed by atoms with Crippen molar-refractivity contribution < 1.29 is 14.7 Å². The number of hydrogen-bond donors (Lipinski definition) is 2. The molecule has 1 heterocycles. The van der Waals surface area contributed by atoms with Crippen LogP contribution in [0.25, 0.3) is 16.6 Å². The van der Waals surface area contributed by atoms with Crippen LogP contribution in [0.2, 0.25) is 5.02 Å². The summed E-state index contributed by atoms with van der Waals surface area (Å²) in [5, 5.41) is 13.7. The molecule has 1 atom stereocenters. The van der Waals surface area contributed by atoms with E-state index in [0.717, 1.165) is 22.2 Å². The Morgan fingerprint density at radius 3 is 2.47 bits per heavy atom. The largest absolute Gasteiger partial charge is 0.478 e. The Bertz CT molecular complexity index is 1250. The fraction of sp³-hybridized carbons (Fsp3) is 0.0833. The van der Waals surface area contributed by atoms with Crippen LogP contribution in [0.3, 0.4) is 0 Å². The molecule has 0 bridgehead atoms. The van der Waals surface area contributed by atoms with Crippen LogP contribution in [0.4, 0.5) is 0 Å². The zero-order chi connectivity index (χ0) is 21.3. The van der Waals surface area contributed by atoms with Crippen molar-refractivity contribution in [3.05, 3.63) is 101 Å². The van der Waals surface area contributed by atoms with Gasteiger partial charge in [0.15, 0.2) is 0 Å². The first-order valence-electron chi connectivity index (χ1n) is 9.44. The summed E-state index contributed by atoms with van der Waals surface area (Å²) in [4.78, 5) is 24.1. The Labute approximate surface area is 178 Å². The number of aromatic nitrogens is 1. The second-order valence-electron chi connectivity index (χ2n) is 7.03. The summed E-state index contributed by atoms with van der Waals surface area (Å²) >= 11 is 6.09. The molecule has 3 aromatic carbocycles. The van der Waals surface area contributed by atoms with E-state index in [9.17, 15) is 9.59 Å². The SMILES string of the molecule is C[C@H](NC(=O)c1ccccc1-n1ccc2cc(Cl)ccc21)c1ccc(C(=O)O)cc1. The number of nitrogens with zero attached hydrogens (tertiary/aromatic N) is 1. The summed E-state index contributed by atoms with van der Waals surface area (Å²) in [5.74, 6) is -1.19. The van der Waals surface area contributed by atoms with Crippen molar-refractivity contribution in [2.45, 2.75) is 13.0 Å². The number of aromatic carboxylic acids is 1. The molecular formula is C24H19ClN2O3. The van der Waals surface area contributed by atoms with Crippen molar-refractivity contribution in [2.24, 2.45) is 0 Å². The lowest BCUT2D eigenvalue weighted by molar-refractivity contribution is 0.0696. The molecule has 5 nitrogen and oxygen atoms in total. The van der Waals surface area contributed by atoms with Crippen LogP contribution in [0.1, 0.15) is 39.2 Å². The molecule has 1 amide bonds. The maximum absolute atomic E-state index is 13.1. The second kappa shape index (κ2) is 8.05. The predicted molar refractivity (Wildman–Crippen MR) is 118 cm³/mol. The van der Waals surface area contributed by atoms with Gasteiger partial charge in [0.25, 0.3) is 5.91 Å². The molecule has 0 unspecified atom stereocenters. The number of carboxylic acids is 1. The minimum atomic E-state index is -0.979. The molecule has 0 fully saturated rings. The van der Waals surface area contributed by atoms with Gasteiger partial charge in [0.2, 0.25) is 0 Å². The highest BCUT2D eigenvalue weighted by Crippen LogP contribution is 2.26. The summed E-state index contributed by atoms with van der Waals surface area (Å²) in [6.07, 6.45) is 1.92. The number of hydrogen-bond acceptors (Lipinski definition) is 2. The van der Waals surface area contributed by atoms with Crippen molar-refractivity contribution in [3.8, 4) is 5.69 Å². The Morgan fingerprint density at radius 1 is 1.00 bits per heavy atom. The minimum absolute atomic E-state index is 0.210. The van der Waals surface area contributed by atoms with Crippen molar-refractivity contribution in [1.82, 2.24) is 9.88 Å². The maximum atomic E-state index is 13.1. The number of carbonyl (C=O) groups is 2. The highest BCUT2D eigenvalue weighted by molar-refractivity contribution is 6.31. The third kappa shape index (κ3) is 3.80. The van der Waals surface area contributed by atoms with Gasteiger partial charge in [0.05, 0.1) is 28.4 Å². The maximum Gasteiger partial charge on any atom is 0.335 e. The van der Waals surface area contributed by atoms with Gasteiger partial charge in [-0.05, 0) is 61.0 Å². The minimum Gasteiger partial charge on any atom is -0.478 e. The predicted octanol–water partition coefficient (Wildman–Crippen LogP) is 5.47. The molecule has 2 N–H and O–H groups in total. The molecule has 0 aliphatic heterocycles. The fourth-order valence-corrected chi connectivity index (χ4v) is 3.65. The topological polar surface area (TPSA) is 71.3 Å². The Hall–Kier alpha value is -3.57. The van der Waals surface area contributed by atoms with E-state index in [1.807, 2.05) is 60.2 Å². The van der Waals surface area contributed by atoms with E-state index in [4.69, 9.17) is 16.7 Å². The molecule has 0 aliphatic rings. The average Bonchev–Trinajstić information content (AvgIpc) is 3.16. The number of nitrogens with one attached hydrogen (secondary N) is 1. The molecule has 0 aliphatic carbocycles. The average molecular weight is 419 g/mol. The van der Waals surface area contributed by atoms with Gasteiger partial charge in [-0.3, -0.25) is 4.79 Å². The molecular weight excluding hydrogens is 400 g/mol. The number of carboxylic acid groups (broad SMARTS) is 1.